The van der Waals surface area contributed by atoms with Crippen LogP contribution in [0, 0.1) is 0 Å². The van der Waals surface area contributed by atoms with Crippen molar-refractivity contribution in [3.05, 3.63) is 33.5 Å². The molecule has 18 heavy (non-hydrogen) atoms. The lowest BCUT2D eigenvalue weighted by molar-refractivity contribution is -0.122. The Hall–Kier alpha value is -1.14. The lowest BCUT2D eigenvalue weighted by Crippen LogP contribution is -2.35. The fourth-order valence-electron chi connectivity index (χ4n) is 1.29. The van der Waals surface area contributed by atoms with Gasteiger partial charge in [0.05, 0.1) is 9.70 Å². The van der Waals surface area contributed by atoms with Crippen molar-refractivity contribution in [2.75, 3.05) is 13.1 Å². The van der Waals surface area contributed by atoms with Gasteiger partial charge in [0, 0.05) is 18.0 Å². The molecule has 0 radical (unpaired) electrons. The number of carbonyl (C=O) groups excluding carboxylic acids is 2. The van der Waals surface area contributed by atoms with Crippen LogP contribution in [0.2, 0.25) is 0 Å². The fourth-order valence-corrected chi connectivity index (χ4v) is 2.76. The first-order valence-electron chi connectivity index (χ1n) is 5.47. The smallest absolute Gasteiger partial charge is 0.243 e. The maximum absolute atomic E-state index is 11.8. The van der Waals surface area contributed by atoms with Gasteiger partial charge in [-0.2, -0.15) is 0 Å². The van der Waals surface area contributed by atoms with E-state index in [0.29, 0.717) is 13.1 Å². The zero-order valence-corrected chi connectivity index (χ0v) is 12.4. The van der Waals surface area contributed by atoms with Gasteiger partial charge >= 0.3 is 0 Å². The molecule has 1 aromatic heterocycles. The molecule has 0 fully saturated rings. The van der Waals surface area contributed by atoms with Gasteiger partial charge in [-0.25, -0.2) is 0 Å². The Labute approximate surface area is 119 Å². The van der Waals surface area contributed by atoms with Crippen molar-refractivity contribution < 1.29 is 9.59 Å². The van der Waals surface area contributed by atoms with Gasteiger partial charge in [-0.3, -0.25) is 9.59 Å². The molecule has 0 saturated carbocycles. The lowest BCUT2D eigenvalue weighted by Gasteiger charge is -2.10. The van der Waals surface area contributed by atoms with Crippen molar-refractivity contribution >= 4 is 39.1 Å². The molecule has 0 saturated heterocycles. The highest BCUT2D eigenvalue weighted by atomic mass is 79.9. The van der Waals surface area contributed by atoms with Gasteiger partial charge in [0.15, 0.2) is 0 Å². The summed E-state index contributed by atoms with van der Waals surface area (Å²) in [6.07, 6.45) is 1.20. The largest absolute Gasteiger partial charge is 0.354 e. The second kappa shape index (κ2) is 7.33. The molecule has 1 atom stereocenters. The number of nitrogens with one attached hydrogen (secondary N) is 2. The minimum atomic E-state index is -0.237. The number of carbonyl (C=O) groups is 2. The third-order valence-corrected chi connectivity index (χ3v) is 4.13. The first-order valence-corrected chi connectivity index (χ1v) is 7.08. The van der Waals surface area contributed by atoms with E-state index in [2.05, 4.69) is 33.1 Å². The molecule has 0 unspecified atom stereocenters. The van der Waals surface area contributed by atoms with Crippen LogP contribution in [0.5, 0.6) is 0 Å². The second-order valence-corrected chi connectivity index (χ2v) is 6.14. The Balaban J connectivity index is 2.32. The van der Waals surface area contributed by atoms with Gasteiger partial charge in [0.2, 0.25) is 11.8 Å². The topological polar surface area (TPSA) is 58.2 Å². The Bertz CT molecular complexity index is 445. The molecule has 2 N–H and O–H groups in total. The molecule has 1 heterocycles. The summed E-state index contributed by atoms with van der Waals surface area (Å²) in [7, 11) is 0. The van der Waals surface area contributed by atoms with E-state index in [1.165, 1.54) is 6.08 Å². The summed E-state index contributed by atoms with van der Waals surface area (Å²) < 4.78 is 1.01. The quantitative estimate of drug-likeness (QED) is 0.619. The molecule has 6 heteroatoms. The Morgan fingerprint density at radius 1 is 1.44 bits per heavy atom. The van der Waals surface area contributed by atoms with Crippen LogP contribution in [0.3, 0.4) is 0 Å². The van der Waals surface area contributed by atoms with Crippen LogP contribution in [-0.2, 0) is 9.59 Å². The van der Waals surface area contributed by atoms with Gasteiger partial charge in [0.1, 0.15) is 0 Å². The van der Waals surface area contributed by atoms with Crippen LogP contribution < -0.4 is 10.6 Å². The van der Waals surface area contributed by atoms with E-state index in [-0.39, 0.29) is 17.7 Å². The summed E-state index contributed by atoms with van der Waals surface area (Å²) in [5.41, 5.74) is 0. The second-order valence-electron chi connectivity index (χ2n) is 3.65. The molecule has 1 rings (SSSR count). The Kier molecular flexibility index (Phi) is 6.07. The molecule has 0 aliphatic rings. The van der Waals surface area contributed by atoms with Gasteiger partial charge in [0.25, 0.3) is 0 Å². The monoisotopic (exact) mass is 330 g/mol. The lowest BCUT2D eigenvalue weighted by atomic mass is 10.1. The van der Waals surface area contributed by atoms with E-state index in [1.54, 1.807) is 11.3 Å². The minimum Gasteiger partial charge on any atom is -0.354 e. The highest BCUT2D eigenvalue weighted by molar-refractivity contribution is 9.11. The van der Waals surface area contributed by atoms with Crippen LogP contribution in [-0.4, -0.2) is 24.9 Å². The molecule has 98 valence electrons. The van der Waals surface area contributed by atoms with Crippen LogP contribution in [0.15, 0.2) is 28.6 Å². The molecule has 4 nitrogen and oxygen atoms in total. The molecule has 0 aliphatic heterocycles. The maximum atomic E-state index is 11.8. The van der Waals surface area contributed by atoms with Crippen molar-refractivity contribution in [3.8, 4) is 0 Å². The fraction of sp³-hybridized carbons (Fsp3) is 0.333. The number of thiophene rings is 1. The number of halogens is 1. The van der Waals surface area contributed by atoms with Crippen molar-refractivity contribution in [2.45, 2.75) is 12.8 Å². The van der Waals surface area contributed by atoms with E-state index < -0.39 is 0 Å². The number of hydrogen-bond donors (Lipinski definition) is 2. The average Bonchev–Trinajstić information content (AvgIpc) is 2.79. The predicted molar refractivity (Wildman–Crippen MR) is 76.7 cm³/mol. The molecule has 1 aromatic rings. The summed E-state index contributed by atoms with van der Waals surface area (Å²) in [4.78, 5) is 23.7. The van der Waals surface area contributed by atoms with Gasteiger partial charge < -0.3 is 10.6 Å². The number of rotatable bonds is 6. The predicted octanol–water partition coefficient (Wildman–Crippen LogP) is 2.03. The zero-order chi connectivity index (χ0) is 13.5. The molecule has 0 aromatic carbocycles. The summed E-state index contributed by atoms with van der Waals surface area (Å²) >= 11 is 4.91. The average molecular weight is 331 g/mol. The van der Waals surface area contributed by atoms with Gasteiger partial charge in [-0.1, -0.05) is 6.58 Å². The highest BCUT2D eigenvalue weighted by Gasteiger charge is 2.16. The number of hydrogen-bond acceptors (Lipinski definition) is 3. The summed E-state index contributed by atoms with van der Waals surface area (Å²) in [6, 6.07) is 3.85. The van der Waals surface area contributed by atoms with Gasteiger partial charge in [-0.05, 0) is 41.1 Å². The van der Waals surface area contributed by atoms with Crippen LogP contribution in [0.1, 0.15) is 17.7 Å². The maximum Gasteiger partial charge on any atom is 0.243 e. The molecular formula is C12H15BrN2O2S. The van der Waals surface area contributed by atoms with Crippen molar-refractivity contribution in [3.63, 3.8) is 0 Å². The third-order valence-electron chi connectivity index (χ3n) is 2.32. The van der Waals surface area contributed by atoms with E-state index in [1.807, 2.05) is 19.1 Å². The molecule has 2 amide bonds. The molecule has 0 bridgehead atoms. The molecular weight excluding hydrogens is 316 g/mol. The third kappa shape index (κ3) is 4.62. The van der Waals surface area contributed by atoms with Crippen LogP contribution in [0.4, 0.5) is 0 Å². The molecule has 0 aliphatic carbocycles. The van der Waals surface area contributed by atoms with Gasteiger partial charge in [-0.15, -0.1) is 11.3 Å². The van der Waals surface area contributed by atoms with E-state index in [4.69, 9.17) is 0 Å². The Morgan fingerprint density at radius 2 is 2.11 bits per heavy atom. The highest BCUT2D eigenvalue weighted by Crippen LogP contribution is 2.28. The summed E-state index contributed by atoms with van der Waals surface area (Å²) in [6.45, 7) is 6.01. The SMILES string of the molecule is C=CC(=O)NCCNC(=O)[C@H](C)c1ccc(Br)s1. The van der Waals surface area contributed by atoms with E-state index >= 15 is 0 Å². The van der Waals surface area contributed by atoms with Crippen molar-refractivity contribution in [1.29, 1.82) is 0 Å². The number of amides is 2. The first kappa shape index (κ1) is 14.9. The van der Waals surface area contributed by atoms with Crippen LogP contribution >= 0.6 is 27.3 Å². The first-order chi connectivity index (χ1) is 8.54. The molecule has 0 spiro atoms. The van der Waals surface area contributed by atoms with Crippen LogP contribution in [0.25, 0.3) is 0 Å². The van der Waals surface area contributed by atoms with Crippen molar-refractivity contribution in [2.24, 2.45) is 0 Å². The van der Waals surface area contributed by atoms with E-state index in [0.717, 1.165) is 8.66 Å². The summed E-state index contributed by atoms with van der Waals surface area (Å²) in [5, 5.41) is 5.37. The van der Waals surface area contributed by atoms with E-state index in [9.17, 15) is 9.59 Å². The standard InChI is InChI=1S/C12H15BrN2O2S/c1-3-11(16)14-6-7-15-12(17)8(2)9-4-5-10(13)18-9/h3-5,8H,1,6-7H2,2H3,(H,14,16)(H,15,17)/t8-/m1/s1. The minimum absolute atomic E-state index is 0.0443. The zero-order valence-electron chi connectivity index (χ0n) is 10.0. The van der Waals surface area contributed by atoms with Crippen molar-refractivity contribution in [1.82, 2.24) is 10.6 Å². The normalized spacial score (nSPS) is 11.7. The summed E-state index contributed by atoms with van der Waals surface area (Å²) in [5.74, 6) is -0.465. The Morgan fingerprint density at radius 3 is 2.67 bits per heavy atom.